The van der Waals surface area contributed by atoms with Gasteiger partial charge in [0.2, 0.25) is 5.91 Å². The molecule has 0 radical (unpaired) electrons. The molecule has 0 unspecified atom stereocenters. The summed E-state index contributed by atoms with van der Waals surface area (Å²) in [6.45, 7) is 4.86. The van der Waals surface area contributed by atoms with Gasteiger partial charge in [-0.1, -0.05) is 38.1 Å². The van der Waals surface area contributed by atoms with Gasteiger partial charge >= 0.3 is 7.12 Å². The van der Waals surface area contributed by atoms with Gasteiger partial charge in [-0.3, -0.25) is 19.4 Å². The van der Waals surface area contributed by atoms with E-state index in [1.807, 2.05) is 38.1 Å². The Balaban J connectivity index is 1.58. The maximum absolute atomic E-state index is 13.4. The van der Waals surface area contributed by atoms with E-state index in [-0.39, 0.29) is 35.9 Å². The van der Waals surface area contributed by atoms with Gasteiger partial charge in [0.25, 0.3) is 5.91 Å². The second kappa shape index (κ2) is 16.0. The first-order valence-corrected chi connectivity index (χ1v) is 14.9. The van der Waals surface area contributed by atoms with Crippen LogP contribution >= 0.6 is 0 Å². The fourth-order valence-corrected chi connectivity index (χ4v) is 4.78. The highest BCUT2D eigenvalue weighted by atomic mass is 16.5. The number of Topliss-reactive ketones (excluding diaryl/α,β-unsaturated/α-hetero) is 1. The minimum absolute atomic E-state index is 0.0454. The zero-order valence-electron chi connectivity index (χ0n) is 25.1. The predicted molar refractivity (Wildman–Crippen MR) is 164 cm³/mol. The van der Waals surface area contributed by atoms with Crippen molar-refractivity contribution in [2.75, 3.05) is 13.2 Å². The SMILES string of the molecule is CC(C)C[C@H](NC(=O)[C@@H]1Cc2ccc(cc2)OCCCCOc2ccc(cc2)CCC(=O)c2cncc(n2)C(=O)N1)B(O)O. The Hall–Kier alpha value is -4.29. The molecule has 0 aliphatic carbocycles. The highest BCUT2D eigenvalue weighted by molar-refractivity contribution is 6.43. The van der Waals surface area contributed by atoms with Crippen molar-refractivity contribution in [1.29, 1.82) is 0 Å². The van der Waals surface area contributed by atoms with Gasteiger partial charge in [-0.25, -0.2) is 4.98 Å². The molecule has 3 aromatic rings. The van der Waals surface area contributed by atoms with Crippen LogP contribution in [0.25, 0.3) is 0 Å². The number of hydrogen-bond acceptors (Lipinski definition) is 9. The number of ether oxygens (including phenoxy) is 2. The topological polar surface area (TPSA) is 160 Å². The van der Waals surface area contributed by atoms with Gasteiger partial charge in [0.05, 0.1) is 31.5 Å². The van der Waals surface area contributed by atoms with Crippen LogP contribution in [0.15, 0.2) is 60.9 Å². The van der Waals surface area contributed by atoms with Gasteiger partial charge in [0, 0.05) is 12.8 Å². The molecule has 12 heteroatoms. The minimum Gasteiger partial charge on any atom is -0.494 e. The molecule has 0 spiro atoms. The summed E-state index contributed by atoms with van der Waals surface area (Å²) in [6.07, 6.45) is 5.23. The first-order chi connectivity index (χ1) is 21.2. The van der Waals surface area contributed by atoms with Crippen LogP contribution in [0.4, 0.5) is 0 Å². The van der Waals surface area contributed by atoms with Gasteiger partial charge in [-0.2, -0.15) is 0 Å². The lowest BCUT2D eigenvalue weighted by Crippen LogP contribution is -2.55. The largest absolute Gasteiger partial charge is 0.494 e. The Bertz CT molecular complexity index is 1400. The Labute approximate surface area is 257 Å². The van der Waals surface area contributed by atoms with E-state index in [1.54, 1.807) is 24.3 Å². The molecular formula is C32H39BN4O7. The zero-order valence-corrected chi connectivity index (χ0v) is 25.1. The van der Waals surface area contributed by atoms with E-state index >= 15 is 0 Å². The van der Waals surface area contributed by atoms with Crippen molar-refractivity contribution in [2.45, 2.75) is 64.4 Å². The molecular weight excluding hydrogens is 563 g/mol. The average molecular weight is 602 g/mol. The Kier molecular flexibility index (Phi) is 11.8. The summed E-state index contributed by atoms with van der Waals surface area (Å²) < 4.78 is 11.7. The molecule has 2 aromatic carbocycles. The third kappa shape index (κ3) is 9.89. The average Bonchev–Trinajstić information content (AvgIpc) is 3.01. The summed E-state index contributed by atoms with van der Waals surface area (Å²) in [5.74, 6) is -0.984. The lowest BCUT2D eigenvalue weighted by Gasteiger charge is -2.24. The van der Waals surface area contributed by atoms with Gasteiger partial charge < -0.3 is 30.2 Å². The number of rotatable bonds is 5. The molecule has 2 amide bonds. The second-order valence-electron chi connectivity index (χ2n) is 11.3. The molecule has 4 aliphatic heterocycles. The molecule has 0 saturated carbocycles. The number of aryl methyl sites for hydroxylation is 1. The lowest BCUT2D eigenvalue weighted by atomic mass is 9.75. The van der Waals surface area contributed by atoms with E-state index in [2.05, 4.69) is 20.6 Å². The highest BCUT2D eigenvalue weighted by Crippen LogP contribution is 2.17. The van der Waals surface area contributed by atoms with Crippen LogP contribution in [0.3, 0.4) is 0 Å². The van der Waals surface area contributed by atoms with Crippen LogP contribution in [-0.4, -0.2) is 69.9 Å². The van der Waals surface area contributed by atoms with E-state index in [1.165, 1.54) is 12.4 Å². The molecule has 0 fully saturated rings. The summed E-state index contributed by atoms with van der Waals surface area (Å²) in [5.41, 5.74) is 1.63. The van der Waals surface area contributed by atoms with Crippen molar-refractivity contribution in [3.8, 4) is 11.5 Å². The van der Waals surface area contributed by atoms with Crippen molar-refractivity contribution in [2.24, 2.45) is 5.92 Å². The Morgan fingerprint density at radius 1 is 0.932 bits per heavy atom. The third-order valence-electron chi connectivity index (χ3n) is 7.19. The van der Waals surface area contributed by atoms with Crippen molar-refractivity contribution in [1.82, 2.24) is 20.6 Å². The van der Waals surface area contributed by atoms with E-state index < -0.39 is 30.9 Å². The van der Waals surface area contributed by atoms with E-state index in [9.17, 15) is 24.4 Å². The quantitative estimate of drug-likeness (QED) is 0.322. The molecule has 5 heterocycles. The monoisotopic (exact) mass is 602 g/mol. The molecule has 44 heavy (non-hydrogen) atoms. The molecule has 232 valence electrons. The fraction of sp³-hybridized carbons (Fsp3) is 0.406. The number of amides is 2. The number of nitrogens with zero attached hydrogens (tertiary/aromatic N) is 2. The maximum Gasteiger partial charge on any atom is 0.475 e. The molecule has 6 bridgehead atoms. The number of nitrogens with one attached hydrogen (secondary N) is 2. The summed E-state index contributed by atoms with van der Waals surface area (Å²) in [7, 11) is -1.78. The van der Waals surface area contributed by atoms with Gasteiger partial charge in [-0.05, 0) is 67.0 Å². The van der Waals surface area contributed by atoms with E-state index in [4.69, 9.17) is 9.47 Å². The first-order valence-electron chi connectivity index (χ1n) is 14.9. The molecule has 4 aliphatic rings. The first kappa shape index (κ1) is 32.6. The molecule has 7 rings (SSSR count). The molecule has 4 N–H and O–H groups in total. The molecule has 2 atom stereocenters. The van der Waals surface area contributed by atoms with E-state index in [0.717, 1.165) is 29.7 Å². The van der Waals surface area contributed by atoms with Crippen LogP contribution in [0, 0.1) is 5.92 Å². The normalized spacial score (nSPS) is 17.2. The van der Waals surface area contributed by atoms with Crippen molar-refractivity contribution in [3.63, 3.8) is 0 Å². The second-order valence-corrected chi connectivity index (χ2v) is 11.3. The van der Waals surface area contributed by atoms with E-state index in [0.29, 0.717) is 31.8 Å². The highest BCUT2D eigenvalue weighted by Gasteiger charge is 2.30. The number of benzene rings is 2. The zero-order chi connectivity index (χ0) is 31.5. The fourth-order valence-electron chi connectivity index (χ4n) is 4.78. The van der Waals surface area contributed by atoms with Crippen LogP contribution in [0.1, 0.15) is 71.6 Å². The van der Waals surface area contributed by atoms with Crippen molar-refractivity contribution < 1.29 is 33.9 Å². The van der Waals surface area contributed by atoms with Crippen LogP contribution in [-0.2, 0) is 17.6 Å². The predicted octanol–water partition coefficient (Wildman–Crippen LogP) is 2.73. The third-order valence-corrected chi connectivity index (χ3v) is 7.19. The Morgan fingerprint density at radius 3 is 2.11 bits per heavy atom. The molecule has 11 nitrogen and oxygen atoms in total. The number of carbonyl (C=O) groups is 3. The Morgan fingerprint density at radius 2 is 1.52 bits per heavy atom. The number of carbonyl (C=O) groups excluding carboxylic acids is 3. The number of ketones is 1. The summed E-state index contributed by atoms with van der Waals surface area (Å²) in [5, 5.41) is 25.1. The standard InChI is InChI=1S/C32H39BN4O7/c1-21(2)17-30(33(41)42)37-31(39)26-18-23-7-12-25(13-8-23)44-16-4-3-15-43-24-10-5-22(6-11-24)9-14-29(38)27-19-34-20-28(35-27)32(40)36-26/h5-8,10-13,19-21,26,30,41-42H,3-4,9,14-18H2,1-2H3,(H,36,40)(H,37,39)/t26-,30-/m0/s1. The van der Waals surface area contributed by atoms with Crippen LogP contribution in [0.2, 0.25) is 0 Å². The summed E-state index contributed by atoms with van der Waals surface area (Å²) in [6, 6.07) is 13.7. The number of hydrogen-bond donors (Lipinski definition) is 4. The smallest absolute Gasteiger partial charge is 0.475 e. The van der Waals surface area contributed by atoms with Gasteiger partial charge in [-0.15, -0.1) is 0 Å². The van der Waals surface area contributed by atoms with Crippen molar-refractivity contribution in [3.05, 3.63) is 83.4 Å². The van der Waals surface area contributed by atoms with Crippen molar-refractivity contribution >= 4 is 24.7 Å². The van der Waals surface area contributed by atoms with Crippen LogP contribution in [0.5, 0.6) is 11.5 Å². The molecule has 0 saturated heterocycles. The molecule has 1 aromatic heterocycles. The van der Waals surface area contributed by atoms with Crippen LogP contribution < -0.4 is 20.1 Å². The number of aromatic nitrogens is 2. The lowest BCUT2D eigenvalue weighted by molar-refractivity contribution is -0.123. The van der Waals surface area contributed by atoms with Gasteiger partial charge in [0.1, 0.15) is 28.9 Å². The summed E-state index contributed by atoms with van der Waals surface area (Å²) in [4.78, 5) is 47.9. The maximum atomic E-state index is 13.4. The minimum atomic E-state index is -1.78. The van der Waals surface area contributed by atoms with Gasteiger partial charge in [0.15, 0.2) is 5.78 Å². The summed E-state index contributed by atoms with van der Waals surface area (Å²) >= 11 is 0.